The number of anilines is 1. The maximum absolute atomic E-state index is 13.1. The highest BCUT2D eigenvalue weighted by atomic mass is 35.5. The van der Waals surface area contributed by atoms with E-state index in [9.17, 15) is 8.78 Å². The first-order chi connectivity index (χ1) is 16.3. The summed E-state index contributed by atoms with van der Waals surface area (Å²) in [6.07, 6.45) is 2.77. The summed E-state index contributed by atoms with van der Waals surface area (Å²) >= 11 is 9.04. The maximum Gasteiger partial charge on any atom is 0.291 e. The number of nitrogens with one attached hydrogen (secondary N) is 2. The predicted octanol–water partition coefficient (Wildman–Crippen LogP) is 5.42. The molecule has 12 heteroatoms. The number of imidazole rings is 1. The van der Waals surface area contributed by atoms with Gasteiger partial charge in [-0.15, -0.1) is 10.2 Å². The molecule has 2 N–H and O–H groups in total. The summed E-state index contributed by atoms with van der Waals surface area (Å²) < 4.78 is 31.6. The average molecular weight is 528 g/mol. The number of aromatic nitrogens is 4. The van der Waals surface area contributed by atoms with E-state index in [1.54, 1.807) is 11.9 Å². The van der Waals surface area contributed by atoms with Gasteiger partial charge in [-0.2, -0.15) is 0 Å². The standard InChI is InChI=1S/C20H22ClF2N7S2.C2H6/c1-19(2-3-19)28-32-11-6-12(29-9-20(10-29)4-5-24-8-20)13-14(21)25-16(30(13)7-11)18-27-26-17(31-18)15(22)23;1-2/h6-7,15,24,28H,2-5,8-10H2,1H3;1-2H3. The van der Waals surface area contributed by atoms with E-state index in [-0.39, 0.29) is 10.5 Å². The van der Waals surface area contributed by atoms with Gasteiger partial charge in [0.05, 0.1) is 5.69 Å². The van der Waals surface area contributed by atoms with E-state index < -0.39 is 6.43 Å². The highest BCUT2D eigenvalue weighted by molar-refractivity contribution is 7.97. The van der Waals surface area contributed by atoms with Gasteiger partial charge in [0.1, 0.15) is 5.52 Å². The van der Waals surface area contributed by atoms with Crippen molar-refractivity contribution in [3.8, 4) is 10.8 Å². The first-order valence-corrected chi connectivity index (χ1v) is 13.6. The number of hydrogen-bond donors (Lipinski definition) is 2. The number of hydrogen-bond acceptors (Lipinski definition) is 8. The van der Waals surface area contributed by atoms with Gasteiger partial charge in [-0.3, -0.25) is 9.12 Å². The Morgan fingerprint density at radius 3 is 2.62 bits per heavy atom. The minimum Gasteiger partial charge on any atom is -0.368 e. The van der Waals surface area contributed by atoms with Crippen molar-refractivity contribution in [2.45, 2.75) is 56.9 Å². The van der Waals surface area contributed by atoms with Crippen molar-refractivity contribution in [2.75, 3.05) is 31.1 Å². The highest BCUT2D eigenvalue weighted by Crippen LogP contribution is 2.45. The number of halogens is 3. The van der Waals surface area contributed by atoms with Gasteiger partial charge in [0, 0.05) is 41.7 Å². The van der Waals surface area contributed by atoms with Crippen LogP contribution in [0.1, 0.15) is 51.5 Å². The molecule has 0 atom stereocenters. The molecule has 0 unspecified atom stereocenters. The van der Waals surface area contributed by atoms with Crippen LogP contribution in [-0.4, -0.2) is 51.3 Å². The molecule has 0 bridgehead atoms. The molecule has 184 valence electrons. The Hall–Kier alpha value is -1.53. The molecule has 3 aromatic rings. The molecule has 0 amide bonds. The van der Waals surface area contributed by atoms with Crippen LogP contribution in [0.2, 0.25) is 5.15 Å². The van der Waals surface area contributed by atoms with Crippen molar-refractivity contribution in [1.29, 1.82) is 0 Å². The minimum absolute atomic E-state index is 0.164. The zero-order valence-corrected chi connectivity index (χ0v) is 21.8. The fourth-order valence-electron chi connectivity index (χ4n) is 4.46. The Balaban J connectivity index is 0.00000117. The molecule has 1 spiro atoms. The molecule has 1 aliphatic carbocycles. The van der Waals surface area contributed by atoms with Gasteiger partial charge in [-0.25, -0.2) is 13.8 Å². The van der Waals surface area contributed by atoms with E-state index in [1.165, 1.54) is 6.42 Å². The van der Waals surface area contributed by atoms with Crippen molar-refractivity contribution in [3.63, 3.8) is 0 Å². The van der Waals surface area contributed by atoms with Crippen LogP contribution in [0, 0.1) is 5.41 Å². The Morgan fingerprint density at radius 2 is 2.00 bits per heavy atom. The summed E-state index contributed by atoms with van der Waals surface area (Å²) in [7, 11) is 0. The second-order valence-corrected chi connectivity index (χ2v) is 11.5. The van der Waals surface area contributed by atoms with Crippen LogP contribution in [0.25, 0.3) is 16.3 Å². The summed E-state index contributed by atoms with van der Waals surface area (Å²) in [5.41, 5.74) is 2.27. The van der Waals surface area contributed by atoms with Gasteiger partial charge < -0.3 is 10.2 Å². The number of nitrogens with zero attached hydrogens (tertiary/aromatic N) is 5. The monoisotopic (exact) mass is 527 g/mol. The van der Waals surface area contributed by atoms with Crippen LogP contribution >= 0.6 is 34.9 Å². The lowest BCUT2D eigenvalue weighted by Crippen LogP contribution is -2.57. The fraction of sp³-hybridized carbons (Fsp3) is 0.591. The summed E-state index contributed by atoms with van der Waals surface area (Å²) in [5, 5.41) is 11.4. The van der Waals surface area contributed by atoms with E-state index in [0.29, 0.717) is 21.4 Å². The second kappa shape index (κ2) is 9.16. The molecular weight excluding hydrogens is 500 g/mol. The van der Waals surface area contributed by atoms with Crippen molar-refractivity contribution < 1.29 is 8.78 Å². The van der Waals surface area contributed by atoms with Crippen molar-refractivity contribution >= 4 is 46.1 Å². The zero-order valence-electron chi connectivity index (χ0n) is 19.4. The Labute approximate surface area is 210 Å². The molecule has 2 saturated heterocycles. The molecule has 0 radical (unpaired) electrons. The molecular formula is C22H28ClF2N7S2. The third kappa shape index (κ3) is 4.41. The quantitative estimate of drug-likeness (QED) is 0.415. The van der Waals surface area contributed by atoms with E-state index in [0.717, 1.165) is 66.5 Å². The topological polar surface area (TPSA) is 70.4 Å². The summed E-state index contributed by atoms with van der Waals surface area (Å²) in [6.45, 7) is 10.2. The fourth-order valence-corrected chi connectivity index (χ4v) is 6.31. The molecule has 1 saturated carbocycles. The zero-order chi connectivity index (χ0) is 24.1. The van der Waals surface area contributed by atoms with Crippen molar-refractivity contribution in [3.05, 3.63) is 22.4 Å². The number of rotatable bonds is 6. The lowest BCUT2D eigenvalue weighted by molar-refractivity contribution is 0.150. The van der Waals surface area contributed by atoms with Crippen LogP contribution in [0.3, 0.4) is 0 Å². The van der Waals surface area contributed by atoms with Gasteiger partial charge in [-0.05, 0) is 50.7 Å². The van der Waals surface area contributed by atoms with Crippen LogP contribution in [0.15, 0.2) is 17.2 Å². The first kappa shape index (κ1) is 24.2. The van der Waals surface area contributed by atoms with Crippen LogP contribution in [0.4, 0.5) is 14.5 Å². The molecule has 3 fully saturated rings. The largest absolute Gasteiger partial charge is 0.368 e. The molecule has 34 heavy (non-hydrogen) atoms. The van der Waals surface area contributed by atoms with E-state index in [1.807, 2.05) is 24.4 Å². The lowest BCUT2D eigenvalue weighted by atomic mass is 9.79. The number of pyridine rings is 1. The molecule has 3 aromatic heterocycles. The number of alkyl halides is 2. The maximum atomic E-state index is 13.1. The second-order valence-electron chi connectivity index (χ2n) is 9.30. The van der Waals surface area contributed by atoms with Crippen LogP contribution in [0.5, 0.6) is 0 Å². The van der Waals surface area contributed by atoms with Crippen molar-refractivity contribution in [1.82, 2.24) is 29.6 Å². The van der Waals surface area contributed by atoms with Crippen molar-refractivity contribution in [2.24, 2.45) is 5.41 Å². The molecule has 0 aromatic carbocycles. The van der Waals surface area contributed by atoms with Gasteiger partial charge in [0.15, 0.2) is 21.0 Å². The van der Waals surface area contributed by atoms with Gasteiger partial charge in [-0.1, -0.05) is 36.8 Å². The summed E-state index contributed by atoms with van der Waals surface area (Å²) in [6, 6.07) is 2.15. The third-order valence-corrected chi connectivity index (χ3v) is 8.85. The Bertz CT molecular complexity index is 1180. The Kier molecular flexibility index (Phi) is 6.52. The van der Waals surface area contributed by atoms with E-state index in [2.05, 4.69) is 43.1 Å². The van der Waals surface area contributed by atoms with E-state index >= 15 is 0 Å². The van der Waals surface area contributed by atoms with Gasteiger partial charge in [0.25, 0.3) is 6.43 Å². The smallest absolute Gasteiger partial charge is 0.291 e. The normalized spacial score (nSPS) is 20.0. The molecule has 5 heterocycles. The number of fused-ring (bicyclic) bond motifs is 1. The summed E-state index contributed by atoms with van der Waals surface area (Å²) in [4.78, 5) is 7.86. The molecule has 3 aliphatic rings. The highest BCUT2D eigenvalue weighted by Gasteiger charge is 2.46. The molecule has 6 rings (SSSR count). The van der Waals surface area contributed by atoms with Gasteiger partial charge >= 0.3 is 0 Å². The average Bonchev–Trinajstić information content (AvgIpc) is 3.23. The third-order valence-electron chi connectivity index (χ3n) is 6.61. The van der Waals surface area contributed by atoms with E-state index in [4.69, 9.17) is 11.6 Å². The SMILES string of the molecule is CC.CC1(NSc2cc(N3CC4(CCNC4)C3)c3c(Cl)nc(-c4nnc(C(F)F)s4)n3c2)CC1. The predicted molar refractivity (Wildman–Crippen MR) is 134 cm³/mol. The summed E-state index contributed by atoms with van der Waals surface area (Å²) in [5.74, 6) is 0.438. The lowest BCUT2D eigenvalue weighted by Gasteiger charge is -2.49. The van der Waals surface area contributed by atoms with Crippen LogP contribution in [-0.2, 0) is 0 Å². The Morgan fingerprint density at radius 1 is 1.24 bits per heavy atom. The van der Waals surface area contributed by atoms with Gasteiger partial charge in [0.2, 0.25) is 0 Å². The van der Waals surface area contributed by atoms with Crippen LogP contribution < -0.4 is 14.9 Å². The first-order valence-electron chi connectivity index (χ1n) is 11.6. The minimum atomic E-state index is -2.66. The molecule has 7 nitrogen and oxygen atoms in total. The molecule has 2 aliphatic heterocycles.